The number of aryl methyl sites for hydroxylation is 1. The molecule has 0 aliphatic carbocycles. The van der Waals surface area contributed by atoms with Gasteiger partial charge in [0.05, 0.1) is 11.3 Å². The van der Waals surface area contributed by atoms with Crippen LogP contribution in [0.2, 0.25) is 0 Å². The molecule has 1 saturated heterocycles. The molecule has 0 spiro atoms. The standard InChI is InChI=1S/C23H28N6O6/c1-23(2,3)35-22(34)28-12-10-27(11-13-28)20-24-17-16(18(30)26(5)21(33)25(17)4)29(20)15-9-7-6-8-14(15)19(31)32/h6-9H,10-13H2,1-5H3,(H,31,32). The van der Waals surface area contributed by atoms with Crippen LogP contribution in [0.3, 0.4) is 0 Å². The van der Waals surface area contributed by atoms with Crippen molar-refractivity contribution in [3.8, 4) is 5.69 Å². The zero-order chi connectivity index (χ0) is 25.7. The normalized spacial score (nSPS) is 14.4. The Hall–Kier alpha value is -4.09. The molecule has 3 aromatic rings. The van der Waals surface area contributed by atoms with Crippen LogP contribution in [0.15, 0.2) is 33.9 Å². The van der Waals surface area contributed by atoms with Gasteiger partial charge in [-0.2, -0.15) is 4.98 Å². The lowest BCUT2D eigenvalue weighted by Crippen LogP contribution is -2.50. The third kappa shape index (κ3) is 4.27. The van der Waals surface area contributed by atoms with Gasteiger partial charge in [0, 0.05) is 40.3 Å². The summed E-state index contributed by atoms with van der Waals surface area (Å²) < 4.78 is 9.18. The van der Waals surface area contributed by atoms with Crippen LogP contribution in [0.5, 0.6) is 0 Å². The lowest BCUT2D eigenvalue weighted by Gasteiger charge is -2.36. The predicted octanol–water partition coefficient (Wildman–Crippen LogP) is 1.18. The molecular weight excluding hydrogens is 456 g/mol. The number of aromatic carboxylic acids is 1. The Balaban J connectivity index is 1.85. The number of para-hydroxylation sites is 1. The summed E-state index contributed by atoms with van der Waals surface area (Å²) in [5, 5.41) is 9.81. The number of fused-ring (bicyclic) bond motifs is 1. The molecule has 0 saturated carbocycles. The molecule has 1 aliphatic heterocycles. The summed E-state index contributed by atoms with van der Waals surface area (Å²) in [5.41, 5.74) is -1.28. The molecule has 12 heteroatoms. The second kappa shape index (κ2) is 8.60. The third-order valence-corrected chi connectivity index (χ3v) is 5.83. The van der Waals surface area contributed by atoms with Crippen LogP contribution in [0.4, 0.5) is 10.7 Å². The molecular formula is C23H28N6O6. The first kappa shape index (κ1) is 24.0. The Morgan fingerprint density at radius 2 is 1.63 bits per heavy atom. The summed E-state index contributed by atoms with van der Waals surface area (Å²) in [6, 6.07) is 6.30. The van der Waals surface area contributed by atoms with E-state index in [1.165, 1.54) is 29.3 Å². The third-order valence-electron chi connectivity index (χ3n) is 5.83. The molecule has 0 unspecified atom stereocenters. The molecule has 2 aromatic heterocycles. The van der Waals surface area contributed by atoms with Gasteiger partial charge < -0.3 is 19.6 Å². The van der Waals surface area contributed by atoms with Crippen LogP contribution in [-0.2, 0) is 18.8 Å². The molecule has 1 aliphatic rings. The maximum Gasteiger partial charge on any atom is 0.410 e. The van der Waals surface area contributed by atoms with Crippen LogP contribution < -0.4 is 16.1 Å². The predicted molar refractivity (Wildman–Crippen MR) is 129 cm³/mol. The number of piperazine rings is 1. The van der Waals surface area contributed by atoms with Crippen molar-refractivity contribution in [2.75, 3.05) is 31.1 Å². The van der Waals surface area contributed by atoms with Crippen molar-refractivity contribution >= 4 is 29.2 Å². The fourth-order valence-electron chi connectivity index (χ4n) is 4.09. The fraction of sp³-hybridized carbons (Fsp3) is 0.435. The number of carboxylic acids is 1. The first-order valence-electron chi connectivity index (χ1n) is 11.1. The fourth-order valence-corrected chi connectivity index (χ4v) is 4.09. The number of carbonyl (C=O) groups is 2. The van der Waals surface area contributed by atoms with Gasteiger partial charge >= 0.3 is 17.8 Å². The molecule has 3 heterocycles. The van der Waals surface area contributed by atoms with Gasteiger partial charge in [0.15, 0.2) is 11.2 Å². The van der Waals surface area contributed by atoms with Crippen LogP contribution in [0, 0.1) is 0 Å². The Morgan fingerprint density at radius 1 is 1.00 bits per heavy atom. The van der Waals surface area contributed by atoms with Crippen molar-refractivity contribution in [3.05, 3.63) is 50.7 Å². The Morgan fingerprint density at radius 3 is 2.23 bits per heavy atom. The number of hydrogen-bond acceptors (Lipinski definition) is 7. The van der Waals surface area contributed by atoms with Crippen molar-refractivity contribution in [1.82, 2.24) is 23.6 Å². The molecule has 12 nitrogen and oxygen atoms in total. The van der Waals surface area contributed by atoms with E-state index in [4.69, 9.17) is 4.74 Å². The number of benzene rings is 1. The highest BCUT2D eigenvalue weighted by Crippen LogP contribution is 2.28. The highest BCUT2D eigenvalue weighted by atomic mass is 16.6. The number of rotatable bonds is 3. The highest BCUT2D eigenvalue weighted by molar-refractivity contribution is 5.93. The van der Waals surface area contributed by atoms with Crippen LogP contribution in [-0.4, -0.2) is 72.5 Å². The molecule has 1 fully saturated rings. The molecule has 1 N–H and O–H groups in total. The summed E-state index contributed by atoms with van der Waals surface area (Å²) in [7, 11) is 2.87. The SMILES string of the molecule is Cn1c(=O)c2c(nc(N3CCN(C(=O)OC(C)(C)C)CC3)n2-c2ccccc2C(=O)O)n(C)c1=O. The Bertz CT molecular complexity index is 1440. The highest BCUT2D eigenvalue weighted by Gasteiger charge is 2.30. The van der Waals surface area contributed by atoms with Crippen molar-refractivity contribution in [1.29, 1.82) is 0 Å². The molecule has 0 radical (unpaired) electrons. The monoisotopic (exact) mass is 484 g/mol. The first-order chi connectivity index (χ1) is 16.4. The van der Waals surface area contributed by atoms with Crippen LogP contribution >= 0.6 is 0 Å². The number of ether oxygens (including phenoxy) is 1. The minimum absolute atomic E-state index is 0.0173. The molecule has 1 amide bonds. The minimum atomic E-state index is -1.16. The number of nitrogens with zero attached hydrogens (tertiary/aromatic N) is 6. The van der Waals surface area contributed by atoms with E-state index in [2.05, 4.69) is 4.98 Å². The van der Waals surface area contributed by atoms with Gasteiger partial charge in [0.1, 0.15) is 5.60 Å². The zero-order valence-corrected chi connectivity index (χ0v) is 20.3. The van der Waals surface area contributed by atoms with E-state index in [0.29, 0.717) is 32.1 Å². The van der Waals surface area contributed by atoms with E-state index in [9.17, 15) is 24.3 Å². The topological polar surface area (TPSA) is 132 Å². The number of imidazole rings is 1. The molecule has 0 atom stereocenters. The summed E-state index contributed by atoms with van der Waals surface area (Å²) >= 11 is 0. The van der Waals surface area contributed by atoms with Crippen molar-refractivity contribution < 1.29 is 19.4 Å². The molecule has 4 rings (SSSR count). The summed E-state index contributed by atoms with van der Waals surface area (Å²) in [6.07, 6.45) is -0.418. The van der Waals surface area contributed by atoms with E-state index >= 15 is 0 Å². The smallest absolute Gasteiger partial charge is 0.410 e. The van der Waals surface area contributed by atoms with E-state index in [1.54, 1.807) is 43.9 Å². The number of aromatic nitrogens is 4. The maximum atomic E-state index is 13.2. The van der Waals surface area contributed by atoms with Gasteiger partial charge in [-0.15, -0.1) is 0 Å². The lowest BCUT2D eigenvalue weighted by molar-refractivity contribution is 0.0239. The number of hydrogen-bond donors (Lipinski definition) is 1. The van der Waals surface area contributed by atoms with E-state index in [1.807, 2.05) is 4.90 Å². The van der Waals surface area contributed by atoms with Crippen LogP contribution in [0.1, 0.15) is 31.1 Å². The Kier molecular flexibility index (Phi) is 5.91. The zero-order valence-electron chi connectivity index (χ0n) is 20.3. The molecule has 1 aromatic carbocycles. The summed E-state index contributed by atoms with van der Waals surface area (Å²) in [6.45, 7) is 6.82. The van der Waals surface area contributed by atoms with Crippen molar-refractivity contribution in [2.45, 2.75) is 26.4 Å². The van der Waals surface area contributed by atoms with Gasteiger partial charge in [0.2, 0.25) is 5.95 Å². The average molecular weight is 485 g/mol. The van der Waals surface area contributed by atoms with E-state index in [-0.39, 0.29) is 22.4 Å². The lowest BCUT2D eigenvalue weighted by atomic mass is 10.1. The maximum absolute atomic E-state index is 13.2. The Labute approximate surface area is 200 Å². The summed E-state index contributed by atoms with van der Waals surface area (Å²) in [4.78, 5) is 58.3. The van der Waals surface area contributed by atoms with Gasteiger partial charge in [-0.25, -0.2) is 14.4 Å². The average Bonchev–Trinajstić information content (AvgIpc) is 3.21. The number of carbonyl (C=O) groups excluding carboxylic acids is 1. The first-order valence-corrected chi connectivity index (χ1v) is 11.1. The quantitative estimate of drug-likeness (QED) is 0.586. The van der Waals surface area contributed by atoms with Crippen molar-refractivity contribution in [2.24, 2.45) is 14.1 Å². The van der Waals surface area contributed by atoms with Gasteiger partial charge in [-0.3, -0.25) is 18.5 Å². The summed E-state index contributed by atoms with van der Waals surface area (Å²) in [5.74, 6) is -0.847. The number of carboxylic acid groups (broad SMARTS) is 1. The van der Waals surface area contributed by atoms with E-state index < -0.39 is 28.9 Å². The molecule has 0 bridgehead atoms. The van der Waals surface area contributed by atoms with Gasteiger partial charge in [0.25, 0.3) is 5.56 Å². The van der Waals surface area contributed by atoms with Gasteiger partial charge in [-0.05, 0) is 32.9 Å². The van der Waals surface area contributed by atoms with Gasteiger partial charge in [-0.1, -0.05) is 12.1 Å². The second-order valence-corrected chi connectivity index (χ2v) is 9.40. The van der Waals surface area contributed by atoms with Crippen molar-refractivity contribution in [3.63, 3.8) is 0 Å². The molecule has 186 valence electrons. The number of amides is 1. The van der Waals surface area contributed by atoms with Crippen LogP contribution in [0.25, 0.3) is 16.9 Å². The minimum Gasteiger partial charge on any atom is -0.478 e. The van der Waals surface area contributed by atoms with E-state index in [0.717, 1.165) is 4.57 Å². The number of anilines is 1. The molecule has 35 heavy (non-hydrogen) atoms. The second-order valence-electron chi connectivity index (χ2n) is 9.40. The largest absolute Gasteiger partial charge is 0.478 e.